The molecule has 0 saturated carbocycles. The zero-order valence-electron chi connectivity index (χ0n) is 14.1. The largest absolute Gasteiger partial charge is 0.381 e. The van der Waals surface area contributed by atoms with Gasteiger partial charge in [-0.3, -0.25) is 9.48 Å². The van der Waals surface area contributed by atoms with Gasteiger partial charge in [0, 0.05) is 37.6 Å². The average molecular weight is 327 g/mol. The topological polar surface area (TPSA) is 56.1 Å². The molecule has 128 valence electrons. The van der Waals surface area contributed by atoms with Gasteiger partial charge in [-0.1, -0.05) is 37.3 Å². The molecule has 24 heavy (non-hydrogen) atoms. The smallest absolute Gasteiger partial charge is 0.244 e. The van der Waals surface area contributed by atoms with Crippen LogP contribution in [0.25, 0.3) is 0 Å². The Morgan fingerprint density at radius 2 is 2.04 bits per heavy atom. The van der Waals surface area contributed by atoms with Gasteiger partial charge in [-0.25, -0.2) is 0 Å². The van der Waals surface area contributed by atoms with E-state index in [0.717, 1.165) is 32.5 Å². The van der Waals surface area contributed by atoms with E-state index in [1.807, 2.05) is 25.3 Å². The van der Waals surface area contributed by atoms with Crippen molar-refractivity contribution in [1.82, 2.24) is 15.1 Å². The summed E-state index contributed by atoms with van der Waals surface area (Å²) in [6, 6.07) is 12.1. The first-order chi connectivity index (χ1) is 11.7. The van der Waals surface area contributed by atoms with E-state index in [0.29, 0.717) is 6.54 Å². The first-order valence-electron chi connectivity index (χ1n) is 8.65. The monoisotopic (exact) mass is 327 g/mol. The maximum Gasteiger partial charge on any atom is 0.244 e. The Balaban J connectivity index is 1.73. The summed E-state index contributed by atoms with van der Waals surface area (Å²) in [5, 5.41) is 7.39. The number of amides is 1. The minimum atomic E-state index is -0.257. The quantitative estimate of drug-likeness (QED) is 0.887. The minimum Gasteiger partial charge on any atom is -0.381 e. The van der Waals surface area contributed by atoms with Crippen molar-refractivity contribution in [3.63, 3.8) is 0 Å². The summed E-state index contributed by atoms with van der Waals surface area (Å²) in [6.07, 6.45) is 6.12. The predicted molar refractivity (Wildman–Crippen MR) is 92.7 cm³/mol. The highest BCUT2D eigenvalue weighted by Crippen LogP contribution is 2.34. The van der Waals surface area contributed by atoms with Crippen molar-refractivity contribution in [1.29, 1.82) is 0 Å². The third-order valence-corrected chi connectivity index (χ3v) is 4.97. The second kappa shape index (κ2) is 7.62. The highest BCUT2D eigenvalue weighted by Gasteiger charge is 2.35. The zero-order chi connectivity index (χ0) is 16.8. The number of rotatable bonds is 6. The number of carbonyl (C=O) groups is 1. The van der Waals surface area contributed by atoms with E-state index in [4.69, 9.17) is 4.74 Å². The summed E-state index contributed by atoms with van der Waals surface area (Å²) < 4.78 is 7.28. The zero-order valence-corrected chi connectivity index (χ0v) is 14.1. The Kier molecular flexibility index (Phi) is 5.30. The molecule has 1 saturated heterocycles. The van der Waals surface area contributed by atoms with E-state index in [1.165, 1.54) is 5.56 Å². The van der Waals surface area contributed by atoms with E-state index in [9.17, 15) is 4.79 Å². The summed E-state index contributed by atoms with van der Waals surface area (Å²) in [5.41, 5.74) is 1.23. The molecule has 1 aliphatic heterocycles. The van der Waals surface area contributed by atoms with Crippen LogP contribution in [0, 0.1) is 0 Å². The number of aromatic nitrogens is 2. The third kappa shape index (κ3) is 3.51. The molecule has 2 aromatic rings. The van der Waals surface area contributed by atoms with Crippen LogP contribution in [0.2, 0.25) is 0 Å². The summed E-state index contributed by atoms with van der Waals surface area (Å²) in [7, 11) is 0. The molecule has 1 fully saturated rings. The Bertz CT molecular complexity index is 634. The molecule has 1 atom stereocenters. The maximum atomic E-state index is 12.7. The van der Waals surface area contributed by atoms with Crippen molar-refractivity contribution < 1.29 is 9.53 Å². The lowest BCUT2D eigenvalue weighted by Gasteiger charge is -2.38. The molecule has 1 N–H and O–H groups in total. The fourth-order valence-corrected chi connectivity index (χ4v) is 3.45. The summed E-state index contributed by atoms with van der Waals surface area (Å²) in [5.74, 6) is 0.0306. The molecule has 0 aliphatic carbocycles. The first-order valence-corrected chi connectivity index (χ1v) is 8.65. The van der Waals surface area contributed by atoms with Crippen LogP contribution in [0.5, 0.6) is 0 Å². The minimum absolute atomic E-state index is 0.0306. The van der Waals surface area contributed by atoms with Crippen LogP contribution in [-0.4, -0.2) is 35.4 Å². The standard InChI is InChI=1S/C19H25N3O2/c1-2-17(22-12-6-11-21-22)18(23)20-15-19(9-13-24-14-10-19)16-7-4-3-5-8-16/h3-8,11-12,17H,2,9-10,13-15H2,1H3,(H,20,23)/t17-/m0/s1. The van der Waals surface area contributed by atoms with Gasteiger partial charge in [-0.2, -0.15) is 5.10 Å². The van der Waals surface area contributed by atoms with Crippen LogP contribution in [0.3, 0.4) is 0 Å². The Morgan fingerprint density at radius 3 is 2.67 bits per heavy atom. The second-order valence-electron chi connectivity index (χ2n) is 6.39. The molecule has 0 bridgehead atoms. The van der Waals surface area contributed by atoms with Crippen LogP contribution < -0.4 is 5.32 Å². The van der Waals surface area contributed by atoms with Gasteiger partial charge >= 0.3 is 0 Å². The predicted octanol–water partition coefficient (Wildman–Crippen LogP) is 2.70. The second-order valence-corrected chi connectivity index (χ2v) is 6.39. The molecule has 0 spiro atoms. The molecule has 0 radical (unpaired) electrons. The summed E-state index contributed by atoms with van der Waals surface area (Å²) >= 11 is 0. The van der Waals surface area contributed by atoms with Crippen LogP contribution in [0.4, 0.5) is 0 Å². The van der Waals surface area contributed by atoms with E-state index in [1.54, 1.807) is 10.9 Å². The SMILES string of the molecule is CC[C@@H](C(=O)NCC1(c2ccccc2)CCOCC1)n1cccn1. The third-order valence-electron chi connectivity index (χ3n) is 4.97. The van der Waals surface area contributed by atoms with Crippen molar-refractivity contribution in [3.8, 4) is 0 Å². The van der Waals surface area contributed by atoms with Gasteiger partial charge in [0.1, 0.15) is 6.04 Å². The Labute approximate surface area is 143 Å². The highest BCUT2D eigenvalue weighted by molar-refractivity contribution is 5.80. The fraction of sp³-hybridized carbons (Fsp3) is 0.474. The fourth-order valence-electron chi connectivity index (χ4n) is 3.45. The first kappa shape index (κ1) is 16.7. The maximum absolute atomic E-state index is 12.7. The van der Waals surface area contributed by atoms with Crippen molar-refractivity contribution in [2.75, 3.05) is 19.8 Å². The number of carbonyl (C=O) groups excluding carboxylic acids is 1. The molecule has 5 heteroatoms. The van der Waals surface area contributed by atoms with Gasteiger partial charge in [0.25, 0.3) is 0 Å². The van der Waals surface area contributed by atoms with Gasteiger partial charge in [-0.05, 0) is 30.9 Å². The summed E-state index contributed by atoms with van der Waals surface area (Å²) in [4.78, 5) is 12.7. The van der Waals surface area contributed by atoms with Gasteiger partial charge in [0.05, 0.1) is 0 Å². The van der Waals surface area contributed by atoms with E-state index >= 15 is 0 Å². The van der Waals surface area contributed by atoms with Crippen molar-refractivity contribution in [2.45, 2.75) is 37.6 Å². The van der Waals surface area contributed by atoms with Crippen LogP contribution in [0.1, 0.15) is 37.8 Å². The molecule has 1 aliphatic rings. The highest BCUT2D eigenvalue weighted by atomic mass is 16.5. The molecule has 5 nitrogen and oxygen atoms in total. The molecular weight excluding hydrogens is 302 g/mol. The number of hydrogen-bond donors (Lipinski definition) is 1. The molecule has 1 aromatic heterocycles. The lowest BCUT2D eigenvalue weighted by Crippen LogP contribution is -2.46. The van der Waals surface area contributed by atoms with E-state index < -0.39 is 0 Å². The number of nitrogens with zero attached hydrogens (tertiary/aromatic N) is 2. The van der Waals surface area contributed by atoms with Crippen molar-refractivity contribution >= 4 is 5.91 Å². The normalized spacial score (nSPS) is 18.0. The lowest BCUT2D eigenvalue weighted by molar-refractivity contribution is -0.125. The summed E-state index contributed by atoms with van der Waals surface area (Å²) in [6.45, 7) is 4.12. The molecule has 0 unspecified atom stereocenters. The van der Waals surface area contributed by atoms with E-state index in [2.05, 4.69) is 34.7 Å². The van der Waals surface area contributed by atoms with Gasteiger partial charge in [0.2, 0.25) is 5.91 Å². The van der Waals surface area contributed by atoms with E-state index in [-0.39, 0.29) is 17.4 Å². The van der Waals surface area contributed by atoms with Crippen LogP contribution in [-0.2, 0) is 14.9 Å². The molecular formula is C19H25N3O2. The Hall–Kier alpha value is -2.14. The van der Waals surface area contributed by atoms with Gasteiger partial charge in [-0.15, -0.1) is 0 Å². The molecule has 1 amide bonds. The van der Waals surface area contributed by atoms with Gasteiger partial charge < -0.3 is 10.1 Å². The van der Waals surface area contributed by atoms with Crippen molar-refractivity contribution in [3.05, 3.63) is 54.4 Å². The van der Waals surface area contributed by atoms with Crippen molar-refractivity contribution in [2.24, 2.45) is 0 Å². The lowest BCUT2D eigenvalue weighted by atomic mass is 9.74. The molecule has 2 heterocycles. The number of hydrogen-bond acceptors (Lipinski definition) is 3. The van der Waals surface area contributed by atoms with Crippen LogP contribution >= 0.6 is 0 Å². The molecule has 1 aromatic carbocycles. The molecule has 3 rings (SSSR count). The van der Waals surface area contributed by atoms with Crippen LogP contribution in [0.15, 0.2) is 48.8 Å². The average Bonchev–Trinajstić information content (AvgIpc) is 3.16. The number of nitrogens with one attached hydrogen (secondary N) is 1. The number of ether oxygens (including phenoxy) is 1. The Morgan fingerprint density at radius 1 is 1.29 bits per heavy atom. The van der Waals surface area contributed by atoms with Gasteiger partial charge in [0.15, 0.2) is 0 Å². The number of benzene rings is 1.